The van der Waals surface area contributed by atoms with E-state index in [2.05, 4.69) is 53.0 Å². The van der Waals surface area contributed by atoms with Gasteiger partial charge in [0.2, 0.25) is 0 Å². The second-order valence-electron chi connectivity index (χ2n) is 15.5. The molecule has 2 aliphatic heterocycles. The Balaban J connectivity index is 0.000000175. The van der Waals surface area contributed by atoms with Crippen LogP contribution in [0.5, 0.6) is 11.5 Å². The van der Waals surface area contributed by atoms with Crippen molar-refractivity contribution in [2.45, 2.75) is 107 Å². The minimum absolute atomic E-state index is 0.0123. The Morgan fingerprint density at radius 2 is 1.29 bits per heavy atom. The second-order valence-corrected chi connectivity index (χ2v) is 17.1. The first-order valence-electron chi connectivity index (χ1n) is 20.2. The van der Waals surface area contributed by atoms with Gasteiger partial charge in [-0.15, -0.1) is 0 Å². The van der Waals surface area contributed by atoms with Crippen LogP contribution >= 0.6 is 0 Å². The molecule has 2 aliphatic carbocycles. The number of rotatable bonds is 12. The zero-order valence-corrected chi connectivity index (χ0v) is 34.3. The van der Waals surface area contributed by atoms with Gasteiger partial charge in [0, 0.05) is 50.4 Å². The third-order valence-corrected chi connectivity index (χ3v) is 13.0. The number of hydrogen-bond acceptors (Lipinski definition) is 10. The molecular formula is C44H58N4O7S. The highest BCUT2D eigenvalue weighted by atomic mass is 32.2. The Hall–Kier alpha value is -3.78. The van der Waals surface area contributed by atoms with E-state index in [4.69, 9.17) is 23.1 Å². The molecule has 1 aromatic heterocycles. The average Bonchev–Trinajstić information content (AvgIpc) is 3.72. The first kappa shape index (κ1) is 40.4. The lowest BCUT2D eigenvalue weighted by atomic mass is 9.83. The summed E-state index contributed by atoms with van der Waals surface area (Å²) in [6.45, 7) is 10.9. The van der Waals surface area contributed by atoms with Crippen molar-refractivity contribution in [1.29, 1.82) is 0 Å². The Morgan fingerprint density at radius 1 is 0.732 bits per heavy atom. The lowest BCUT2D eigenvalue weighted by molar-refractivity contribution is -0.132. The maximum absolute atomic E-state index is 12.6. The topological polar surface area (TPSA) is 105 Å². The lowest BCUT2D eigenvalue weighted by Crippen LogP contribution is -2.59. The van der Waals surface area contributed by atoms with Crippen molar-refractivity contribution < 1.29 is 31.5 Å². The molecule has 4 aliphatic rings. The van der Waals surface area contributed by atoms with Crippen LogP contribution in [0.4, 0.5) is 0 Å². The molecule has 0 radical (unpaired) electrons. The van der Waals surface area contributed by atoms with Gasteiger partial charge in [0.1, 0.15) is 11.5 Å². The van der Waals surface area contributed by atoms with Crippen LogP contribution in [0.15, 0.2) is 84.0 Å². The highest BCUT2D eigenvalue weighted by Crippen LogP contribution is 2.37. The highest BCUT2D eigenvalue weighted by molar-refractivity contribution is 7.86. The molecule has 0 unspecified atom stereocenters. The van der Waals surface area contributed by atoms with Gasteiger partial charge < -0.3 is 18.9 Å². The van der Waals surface area contributed by atoms with Crippen molar-refractivity contribution in [3.05, 3.63) is 107 Å². The molecule has 0 amide bonds. The fourth-order valence-electron chi connectivity index (χ4n) is 9.06. The van der Waals surface area contributed by atoms with Gasteiger partial charge >= 0.3 is 0 Å². The van der Waals surface area contributed by atoms with E-state index in [1.807, 2.05) is 42.2 Å². The van der Waals surface area contributed by atoms with E-state index in [0.717, 1.165) is 75.3 Å². The fraction of sp³-hybridized carbons (Fsp3) is 0.523. The molecule has 3 aromatic carbocycles. The van der Waals surface area contributed by atoms with Gasteiger partial charge in [0.05, 0.1) is 56.7 Å². The molecule has 56 heavy (non-hydrogen) atoms. The van der Waals surface area contributed by atoms with Crippen molar-refractivity contribution in [2.24, 2.45) is 0 Å². The zero-order chi connectivity index (χ0) is 39.2. The quantitative estimate of drug-likeness (QED) is 0.162. The van der Waals surface area contributed by atoms with Crippen molar-refractivity contribution in [1.82, 2.24) is 19.6 Å². The third kappa shape index (κ3) is 9.16. The van der Waals surface area contributed by atoms with Crippen LogP contribution < -0.4 is 9.47 Å². The van der Waals surface area contributed by atoms with E-state index in [0.29, 0.717) is 12.6 Å². The van der Waals surface area contributed by atoms with Crippen LogP contribution in [0.3, 0.4) is 0 Å². The van der Waals surface area contributed by atoms with Gasteiger partial charge in [-0.2, -0.15) is 13.5 Å². The minimum Gasteiger partial charge on any atom is -0.496 e. The summed E-state index contributed by atoms with van der Waals surface area (Å²) in [7, 11) is -0.362. The summed E-state index contributed by atoms with van der Waals surface area (Å²) in [5, 5.41) is 4.35. The Bertz CT molecular complexity index is 1990. The monoisotopic (exact) mass is 786 g/mol. The van der Waals surface area contributed by atoms with Crippen LogP contribution in [0.1, 0.15) is 54.5 Å². The predicted molar refractivity (Wildman–Crippen MR) is 216 cm³/mol. The molecule has 0 saturated carbocycles. The van der Waals surface area contributed by atoms with Gasteiger partial charge in [-0.3, -0.25) is 18.7 Å². The maximum Gasteiger partial charge on any atom is 0.297 e. The SMILES string of the molecule is CCCN1C[C@H](COS(=O)(=O)c2ccc(C)cc2)O[C@H]2Cc3c(cccc3OC)C[C@@H]21.CCCN1C[C@H](Cn2cccn2)O[C@H]2Cc3c(cccc3OC)C[C@@H]21. The number of benzene rings is 3. The molecule has 2 fully saturated rings. The van der Waals surface area contributed by atoms with E-state index >= 15 is 0 Å². The molecule has 3 heterocycles. The fourth-order valence-corrected chi connectivity index (χ4v) is 9.99. The highest BCUT2D eigenvalue weighted by Gasteiger charge is 2.42. The Kier molecular flexibility index (Phi) is 13.1. The van der Waals surface area contributed by atoms with Crippen molar-refractivity contribution in [2.75, 3.05) is 47.0 Å². The maximum atomic E-state index is 12.6. The first-order chi connectivity index (χ1) is 27.2. The van der Waals surface area contributed by atoms with Crippen LogP contribution in [-0.2, 0) is 56.0 Å². The number of aryl methyl sites for hydroxylation is 1. The van der Waals surface area contributed by atoms with E-state index < -0.39 is 10.1 Å². The van der Waals surface area contributed by atoms with Crippen molar-refractivity contribution in [3.63, 3.8) is 0 Å². The normalized spacial score (nSPS) is 24.8. The average molecular weight is 787 g/mol. The molecule has 11 nitrogen and oxygen atoms in total. The molecule has 12 heteroatoms. The van der Waals surface area contributed by atoms with E-state index in [9.17, 15) is 8.42 Å². The second kappa shape index (κ2) is 18.2. The molecule has 302 valence electrons. The van der Waals surface area contributed by atoms with Gasteiger partial charge in [0.15, 0.2) is 0 Å². The molecule has 0 bridgehead atoms. The van der Waals surface area contributed by atoms with Gasteiger partial charge in [-0.05, 0) is 98.3 Å². The van der Waals surface area contributed by atoms with Gasteiger partial charge in [-0.1, -0.05) is 55.8 Å². The first-order valence-corrected chi connectivity index (χ1v) is 21.6. The number of aromatic nitrogens is 2. The van der Waals surface area contributed by atoms with Crippen LogP contribution in [0.25, 0.3) is 0 Å². The third-order valence-electron chi connectivity index (χ3n) is 11.7. The van der Waals surface area contributed by atoms with E-state index in [1.165, 1.54) is 28.7 Å². The van der Waals surface area contributed by atoms with E-state index in [-0.39, 0.29) is 42.0 Å². The summed E-state index contributed by atoms with van der Waals surface area (Å²) in [4.78, 5) is 5.24. The molecule has 8 rings (SSSR count). The van der Waals surface area contributed by atoms with E-state index in [1.54, 1.807) is 38.5 Å². The number of hydrogen-bond donors (Lipinski definition) is 0. The Morgan fingerprint density at radius 3 is 1.80 bits per heavy atom. The van der Waals surface area contributed by atoms with Gasteiger partial charge in [-0.25, -0.2) is 0 Å². The summed E-state index contributed by atoms with van der Waals surface area (Å²) >= 11 is 0. The van der Waals surface area contributed by atoms with Crippen LogP contribution in [0.2, 0.25) is 0 Å². The summed E-state index contributed by atoms with van der Waals surface area (Å²) in [6.07, 6.45) is 9.78. The smallest absolute Gasteiger partial charge is 0.297 e. The largest absolute Gasteiger partial charge is 0.496 e. The molecule has 0 spiro atoms. The van der Waals surface area contributed by atoms with Crippen molar-refractivity contribution >= 4 is 10.1 Å². The Labute approximate surface area is 333 Å². The minimum atomic E-state index is -3.81. The number of fused-ring (bicyclic) bond motifs is 4. The standard InChI is InChI=1S/C24H31NO5S.C20H27N3O2/c1-4-12-25-15-19(16-29-31(26,27)20-10-8-17(2)9-11-20)30-24-14-21-18(13-22(24)25)6-5-7-23(21)28-3;1-3-9-22-13-16(14-23-10-5-8-21-23)25-20-12-17-15(11-18(20)22)6-4-7-19(17)24-2/h5-11,19,22,24H,4,12-16H2,1-3H3;4-8,10,16,18,20H,3,9,11-14H2,1-2H3/t19-,22+,24+;16-,18+,20+/m11/s1. The molecule has 4 aromatic rings. The van der Waals surface area contributed by atoms with Crippen LogP contribution in [0, 0.1) is 6.92 Å². The summed E-state index contributed by atoms with van der Waals surface area (Å²) < 4.78 is 56.7. The summed E-state index contributed by atoms with van der Waals surface area (Å²) in [5.74, 6) is 1.89. The molecular weight excluding hydrogens is 729 g/mol. The predicted octanol–water partition coefficient (Wildman–Crippen LogP) is 5.89. The number of nitrogens with zero attached hydrogens (tertiary/aromatic N) is 4. The van der Waals surface area contributed by atoms with Gasteiger partial charge in [0.25, 0.3) is 10.1 Å². The summed E-state index contributed by atoms with van der Waals surface area (Å²) in [5.41, 5.74) is 6.24. The lowest BCUT2D eigenvalue weighted by Gasteiger charge is -2.47. The number of methoxy groups -OCH3 is 2. The molecule has 0 N–H and O–H groups in total. The number of ether oxygens (including phenoxy) is 4. The summed E-state index contributed by atoms with van der Waals surface area (Å²) in [6, 6.07) is 22.0. The van der Waals surface area contributed by atoms with Crippen molar-refractivity contribution in [3.8, 4) is 11.5 Å². The number of morpholine rings is 2. The molecule has 6 atom stereocenters. The zero-order valence-electron chi connectivity index (χ0n) is 33.5. The van der Waals surface area contributed by atoms with Crippen LogP contribution in [-0.4, -0.2) is 112 Å². The molecule has 2 saturated heterocycles.